The van der Waals surface area contributed by atoms with Crippen LogP contribution in [0.2, 0.25) is 5.02 Å². The maximum Gasteiger partial charge on any atom is 0.404 e. The molecular formula is C24H22ClFN2O4. The first-order valence-electron chi connectivity index (χ1n) is 10.1. The first-order valence-corrected chi connectivity index (χ1v) is 10.5. The minimum Gasteiger partial charge on any atom is -0.491 e. The number of nitrogens with one attached hydrogen (secondary N) is 1. The van der Waals surface area contributed by atoms with Crippen LogP contribution in [0.25, 0.3) is 11.1 Å². The van der Waals surface area contributed by atoms with Crippen LogP contribution in [-0.2, 0) is 12.0 Å². The summed E-state index contributed by atoms with van der Waals surface area (Å²) in [5.74, 6) is 0.340. The van der Waals surface area contributed by atoms with Crippen molar-refractivity contribution in [1.82, 2.24) is 5.32 Å². The Morgan fingerprint density at radius 1 is 1.16 bits per heavy atom. The van der Waals surface area contributed by atoms with Crippen molar-refractivity contribution in [2.24, 2.45) is 5.73 Å². The van der Waals surface area contributed by atoms with Gasteiger partial charge in [-0.2, -0.15) is 0 Å². The van der Waals surface area contributed by atoms with Gasteiger partial charge in [-0.05, 0) is 29.8 Å². The van der Waals surface area contributed by atoms with Crippen molar-refractivity contribution in [3.05, 3.63) is 82.6 Å². The molecule has 1 aliphatic heterocycles. The molecule has 0 spiro atoms. The van der Waals surface area contributed by atoms with Crippen molar-refractivity contribution < 1.29 is 23.8 Å². The van der Waals surface area contributed by atoms with Gasteiger partial charge in [0.25, 0.3) is 0 Å². The molecule has 4 rings (SSSR count). The number of amides is 1. The largest absolute Gasteiger partial charge is 0.491 e. The second-order valence-corrected chi connectivity index (χ2v) is 7.84. The number of carbonyl (C=O) groups is 1. The number of nitrogens with two attached hydrogens (primary N) is 1. The molecule has 32 heavy (non-hydrogen) atoms. The molecule has 3 aromatic rings. The third kappa shape index (κ3) is 4.09. The second kappa shape index (κ2) is 9.06. The molecule has 0 saturated heterocycles. The van der Waals surface area contributed by atoms with Gasteiger partial charge in [0, 0.05) is 29.1 Å². The fourth-order valence-electron chi connectivity index (χ4n) is 3.99. The maximum atomic E-state index is 15.1. The van der Waals surface area contributed by atoms with Crippen LogP contribution in [0.4, 0.5) is 9.18 Å². The van der Waals surface area contributed by atoms with Gasteiger partial charge in [-0.25, -0.2) is 9.18 Å². The Balaban J connectivity index is 1.76. The molecular weight excluding hydrogens is 435 g/mol. The van der Waals surface area contributed by atoms with Crippen LogP contribution in [0.5, 0.6) is 11.5 Å². The number of benzene rings is 3. The highest BCUT2D eigenvalue weighted by molar-refractivity contribution is 6.33. The van der Waals surface area contributed by atoms with E-state index in [0.29, 0.717) is 22.8 Å². The van der Waals surface area contributed by atoms with E-state index in [1.165, 1.54) is 12.1 Å². The fraction of sp³-hybridized carbons (Fsp3) is 0.208. The van der Waals surface area contributed by atoms with Crippen LogP contribution in [-0.4, -0.2) is 30.9 Å². The molecule has 6 nitrogen and oxygen atoms in total. The summed E-state index contributed by atoms with van der Waals surface area (Å²) in [6.45, 7) is 0.312. The molecule has 4 N–H and O–H groups in total. The number of ether oxygens (including phenoxy) is 2. The number of carboxylic acid groups (broad SMARTS) is 1. The molecule has 166 valence electrons. The van der Waals surface area contributed by atoms with E-state index in [9.17, 15) is 4.79 Å². The Hall–Kier alpha value is -3.29. The standard InChI is InChI=1S/C24H22ClFN2O4/c25-17-9-10-19-16(13-24(14-27,32-19)15-5-2-1-3-6-15)21(17)22-18(26)7-4-8-20(22)31-12-11-28-23(29)30/h1-10,28H,11-14,27H2,(H,29,30)/t24-/m1/s1. The molecule has 3 aromatic carbocycles. The zero-order valence-corrected chi connectivity index (χ0v) is 17.9. The predicted octanol–water partition coefficient (Wildman–Crippen LogP) is 4.58. The molecule has 1 heterocycles. The van der Waals surface area contributed by atoms with Crippen LogP contribution < -0.4 is 20.5 Å². The first-order chi connectivity index (χ1) is 15.4. The lowest BCUT2D eigenvalue weighted by molar-refractivity contribution is 0.103. The van der Waals surface area contributed by atoms with Gasteiger partial charge in [0.15, 0.2) is 5.60 Å². The number of halogens is 2. The van der Waals surface area contributed by atoms with Crippen molar-refractivity contribution in [2.75, 3.05) is 19.7 Å². The summed E-state index contributed by atoms with van der Waals surface area (Å²) in [6.07, 6.45) is -0.749. The van der Waals surface area contributed by atoms with E-state index in [2.05, 4.69) is 5.32 Å². The van der Waals surface area contributed by atoms with Crippen molar-refractivity contribution in [3.63, 3.8) is 0 Å². The monoisotopic (exact) mass is 456 g/mol. The molecule has 0 bridgehead atoms. The van der Waals surface area contributed by atoms with Gasteiger partial charge in [0.05, 0.1) is 12.1 Å². The smallest absolute Gasteiger partial charge is 0.404 e. The molecule has 0 radical (unpaired) electrons. The molecule has 1 aliphatic rings. The van der Waals surface area contributed by atoms with E-state index >= 15 is 4.39 Å². The average Bonchev–Trinajstić information content (AvgIpc) is 3.18. The molecule has 0 aromatic heterocycles. The van der Waals surface area contributed by atoms with Crippen LogP contribution in [0.1, 0.15) is 11.1 Å². The SMILES string of the molecule is NC[C@@]1(c2ccccc2)Cc2c(ccc(Cl)c2-c2c(F)cccc2OCCNC(=O)O)O1. The zero-order chi connectivity index (χ0) is 22.7. The summed E-state index contributed by atoms with van der Waals surface area (Å²) in [7, 11) is 0. The molecule has 1 atom stereocenters. The second-order valence-electron chi connectivity index (χ2n) is 7.44. The van der Waals surface area contributed by atoms with Gasteiger partial charge in [-0.15, -0.1) is 0 Å². The third-order valence-corrected chi connectivity index (χ3v) is 5.79. The zero-order valence-electron chi connectivity index (χ0n) is 17.1. The van der Waals surface area contributed by atoms with Crippen LogP contribution >= 0.6 is 11.6 Å². The van der Waals surface area contributed by atoms with Gasteiger partial charge in [0.2, 0.25) is 0 Å². The first kappa shape index (κ1) is 21.9. The lowest BCUT2D eigenvalue weighted by Crippen LogP contribution is -2.39. The molecule has 0 aliphatic carbocycles. The highest BCUT2D eigenvalue weighted by Crippen LogP contribution is 2.49. The van der Waals surface area contributed by atoms with Crippen molar-refractivity contribution in [2.45, 2.75) is 12.0 Å². The normalized spacial score (nSPS) is 16.8. The highest BCUT2D eigenvalue weighted by atomic mass is 35.5. The van der Waals surface area contributed by atoms with Crippen LogP contribution in [0.15, 0.2) is 60.7 Å². The van der Waals surface area contributed by atoms with Gasteiger partial charge < -0.3 is 25.6 Å². The van der Waals surface area contributed by atoms with E-state index in [-0.39, 0.29) is 31.0 Å². The Morgan fingerprint density at radius 2 is 1.94 bits per heavy atom. The minimum absolute atomic E-state index is 0.0304. The number of fused-ring (bicyclic) bond motifs is 1. The number of hydrogen-bond acceptors (Lipinski definition) is 4. The van der Waals surface area contributed by atoms with E-state index in [1.807, 2.05) is 30.3 Å². The van der Waals surface area contributed by atoms with Gasteiger partial charge >= 0.3 is 6.09 Å². The topological polar surface area (TPSA) is 93.8 Å². The quantitative estimate of drug-likeness (QED) is 0.452. The number of hydrogen-bond donors (Lipinski definition) is 3. The van der Waals surface area contributed by atoms with Gasteiger partial charge in [0.1, 0.15) is 23.9 Å². The van der Waals surface area contributed by atoms with E-state index < -0.39 is 17.5 Å². The van der Waals surface area contributed by atoms with Crippen molar-refractivity contribution >= 4 is 17.7 Å². The maximum absolute atomic E-state index is 15.1. The van der Waals surface area contributed by atoms with Crippen LogP contribution in [0.3, 0.4) is 0 Å². The van der Waals surface area contributed by atoms with E-state index in [0.717, 1.165) is 11.1 Å². The summed E-state index contributed by atoms with van der Waals surface area (Å²) < 4.78 is 27.1. The van der Waals surface area contributed by atoms with Gasteiger partial charge in [-0.3, -0.25) is 0 Å². The lowest BCUT2D eigenvalue weighted by Gasteiger charge is -2.27. The molecule has 0 saturated carbocycles. The fourth-order valence-corrected chi connectivity index (χ4v) is 4.27. The summed E-state index contributed by atoms with van der Waals surface area (Å²) >= 11 is 6.57. The summed E-state index contributed by atoms with van der Waals surface area (Å²) in [4.78, 5) is 10.7. The summed E-state index contributed by atoms with van der Waals surface area (Å²) in [6, 6.07) is 17.6. The highest BCUT2D eigenvalue weighted by Gasteiger charge is 2.42. The predicted molar refractivity (Wildman–Crippen MR) is 120 cm³/mol. The Morgan fingerprint density at radius 3 is 2.66 bits per heavy atom. The van der Waals surface area contributed by atoms with Crippen LogP contribution in [0, 0.1) is 5.82 Å². The Bertz CT molecular complexity index is 1140. The molecule has 0 fully saturated rings. The molecule has 8 heteroatoms. The van der Waals surface area contributed by atoms with E-state index in [4.69, 9.17) is 31.9 Å². The van der Waals surface area contributed by atoms with Gasteiger partial charge in [-0.1, -0.05) is 48.0 Å². The van der Waals surface area contributed by atoms with Crippen molar-refractivity contribution in [1.29, 1.82) is 0 Å². The summed E-state index contributed by atoms with van der Waals surface area (Å²) in [5, 5.41) is 11.3. The summed E-state index contributed by atoms with van der Waals surface area (Å²) in [5.41, 5.74) is 7.72. The Labute approximate surface area is 189 Å². The number of rotatable bonds is 7. The minimum atomic E-state index is -1.16. The Kier molecular flexibility index (Phi) is 6.21. The average molecular weight is 457 g/mol. The lowest BCUT2D eigenvalue weighted by atomic mass is 9.86. The third-order valence-electron chi connectivity index (χ3n) is 5.48. The van der Waals surface area contributed by atoms with E-state index in [1.54, 1.807) is 18.2 Å². The molecule has 0 unspecified atom stereocenters. The molecule has 1 amide bonds. The van der Waals surface area contributed by atoms with Crippen molar-refractivity contribution in [3.8, 4) is 22.6 Å².